The maximum Gasteiger partial charge on any atom is 0.163 e. The second-order valence-electron chi connectivity index (χ2n) is 4.72. The number of rotatable bonds is 3. The molecule has 0 heterocycles. The van der Waals surface area contributed by atoms with E-state index < -0.39 is 0 Å². The van der Waals surface area contributed by atoms with E-state index in [0.29, 0.717) is 12.2 Å². The van der Waals surface area contributed by atoms with E-state index in [2.05, 4.69) is 33.4 Å². The second-order valence-corrected chi connectivity index (χ2v) is 5.17. The average Bonchev–Trinajstić information content (AvgIpc) is 2.17. The van der Waals surface area contributed by atoms with E-state index in [9.17, 15) is 4.79 Å². The van der Waals surface area contributed by atoms with E-state index in [1.165, 1.54) is 5.56 Å². The molecule has 0 saturated heterocycles. The van der Waals surface area contributed by atoms with Crippen molar-refractivity contribution < 1.29 is 4.79 Å². The largest absolute Gasteiger partial charge is 0.294 e. The summed E-state index contributed by atoms with van der Waals surface area (Å²) >= 11 is 4.06. The van der Waals surface area contributed by atoms with E-state index in [0.717, 1.165) is 5.56 Å². The van der Waals surface area contributed by atoms with E-state index in [4.69, 9.17) is 0 Å². The third-order valence-electron chi connectivity index (χ3n) is 2.41. The zero-order valence-electron chi connectivity index (χ0n) is 9.58. The molecule has 82 valence electrons. The second kappa shape index (κ2) is 4.84. The lowest BCUT2D eigenvalue weighted by molar-refractivity contribution is 0.0989. The number of Topliss-reactive ketones (excluding diaryl/α,β-unsaturated/α-hetero) is 1. The van der Waals surface area contributed by atoms with Crippen LogP contribution in [0.1, 0.15) is 43.1 Å². The maximum absolute atomic E-state index is 11.6. The van der Waals surface area contributed by atoms with Crippen molar-refractivity contribution in [3.63, 3.8) is 0 Å². The van der Waals surface area contributed by atoms with Crippen LogP contribution in [0.2, 0.25) is 0 Å². The van der Waals surface area contributed by atoms with E-state index in [-0.39, 0.29) is 11.2 Å². The molecule has 0 amide bonds. The number of carbonyl (C=O) groups is 1. The Morgan fingerprint density at radius 3 is 2.13 bits per heavy atom. The van der Waals surface area contributed by atoms with Crippen LogP contribution in [0.4, 0.5) is 0 Å². The molecule has 1 aromatic carbocycles. The summed E-state index contributed by atoms with van der Waals surface area (Å²) in [4.78, 5) is 11.6. The number of ketones is 1. The van der Waals surface area contributed by atoms with Crippen molar-refractivity contribution in [2.75, 3.05) is 5.75 Å². The van der Waals surface area contributed by atoms with Gasteiger partial charge in [-0.3, -0.25) is 4.79 Å². The number of hydrogen-bond donors (Lipinski definition) is 1. The summed E-state index contributed by atoms with van der Waals surface area (Å²) in [7, 11) is 0. The smallest absolute Gasteiger partial charge is 0.163 e. The molecule has 0 spiro atoms. The normalized spacial score (nSPS) is 11.5. The maximum atomic E-state index is 11.6. The van der Waals surface area contributed by atoms with Gasteiger partial charge >= 0.3 is 0 Å². The summed E-state index contributed by atoms with van der Waals surface area (Å²) in [6.07, 6.45) is 0.512. The molecular formula is C13H18OS. The summed E-state index contributed by atoms with van der Waals surface area (Å²) in [5.41, 5.74) is 2.19. The predicted octanol–water partition coefficient (Wildman–Crippen LogP) is 3.49. The van der Waals surface area contributed by atoms with E-state index >= 15 is 0 Å². The summed E-state index contributed by atoms with van der Waals surface area (Å²) in [5, 5.41) is 0. The fourth-order valence-electron chi connectivity index (χ4n) is 1.40. The highest BCUT2D eigenvalue weighted by Crippen LogP contribution is 2.22. The molecule has 1 nitrogen and oxygen atoms in total. The molecule has 0 radical (unpaired) electrons. The molecule has 0 fully saturated rings. The summed E-state index contributed by atoms with van der Waals surface area (Å²) in [6.45, 7) is 6.49. The van der Waals surface area contributed by atoms with E-state index in [1.807, 2.05) is 24.3 Å². The van der Waals surface area contributed by atoms with Crippen molar-refractivity contribution in [1.82, 2.24) is 0 Å². The molecule has 0 aliphatic rings. The van der Waals surface area contributed by atoms with E-state index in [1.54, 1.807) is 0 Å². The molecule has 2 heteroatoms. The molecule has 0 unspecified atom stereocenters. The number of carbonyl (C=O) groups excluding carboxylic acids is 1. The minimum absolute atomic E-state index is 0.144. The lowest BCUT2D eigenvalue weighted by Gasteiger charge is -2.18. The molecule has 0 bridgehead atoms. The van der Waals surface area contributed by atoms with Gasteiger partial charge in [-0.05, 0) is 16.7 Å². The Morgan fingerprint density at radius 2 is 1.73 bits per heavy atom. The van der Waals surface area contributed by atoms with Gasteiger partial charge in [0.1, 0.15) is 0 Å². The molecule has 0 atom stereocenters. The van der Waals surface area contributed by atoms with Gasteiger partial charge in [0.15, 0.2) is 5.78 Å². The summed E-state index contributed by atoms with van der Waals surface area (Å²) in [5.74, 6) is 0.783. The first-order chi connectivity index (χ1) is 6.95. The Hall–Kier alpha value is -0.760. The lowest BCUT2D eigenvalue weighted by Crippen LogP contribution is -2.11. The Balaban J connectivity index is 2.86. The van der Waals surface area contributed by atoms with Crippen LogP contribution in [-0.4, -0.2) is 11.5 Å². The predicted molar refractivity (Wildman–Crippen MR) is 67.9 cm³/mol. The Labute approximate surface area is 97.3 Å². The van der Waals surface area contributed by atoms with Gasteiger partial charge in [-0.25, -0.2) is 0 Å². The Kier molecular flexibility index (Phi) is 3.97. The Bertz CT molecular complexity index is 333. The third kappa shape index (κ3) is 3.38. The minimum atomic E-state index is 0.144. The SMILES string of the molecule is CC(C)(C)c1ccc(C(=O)CCS)cc1. The first-order valence-corrected chi connectivity index (χ1v) is 5.83. The van der Waals surface area contributed by atoms with Gasteiger partial charge in [0.05, 0.1) is 0 Å². The van der Waals surface area contributed by atoms with Crippen LogP contribution >= 0.6 is 12.6 Å². The van der Waals surface area contributed by atoms with Crippen LogP contribution < -0.4 is 0 Å². The van der Waals surface area contributed by atoms with Crippen LogP contribution in [0, 0.1) is 0 Å². The van der Waals surface area contributed by atoms with Crippen LogP contribution in [0.3, 0.4) is 0 Å². The molecule has 0 aliphatic heterocycles. The van der Waals surface area contributed by atoms with Crippen LogP contribution in [0.25, 0.3) is 0 Å². The first kappa shape index (κ1) is 12.3. The van der Waals surface area contributed by atoms with Gasteiger partial charge in [0, 0.05) is 12.0 Å². The van der Waals surface area contributed by atoms with Crippen molar-refractivity contribution in [1.29, 1.82) is 0 Å². The quantitative estimate of drug-likeness (QED) is 0.612. The summed E-state index contributed by atoms with van der Waals surface area (Å²) in [6, 6.07) is 7.89. The van der Waals surface area contributed by atoms with Gasteiger partial charge in [-0.15, -0.1) is 0 Å². The molecule has 0 aromatic heterocycles. The Morgan fingerprint density at radius 1 is 1.20 bits per heavy atom. The molecule has 15 heavy (non-hydrogen) atoms. The fraction of sp³-hybridized carbons (Fsp3) is 0.462. The highest BCUT2D eigenvalue weighted by Gasteiger charge is 2.13. The molecule has 1 rings (SSSR count). The monoisotopic (exact) mass is 222 g/mol. The van der Waals surface area contributed by atoms with Crippen LogP contribution in [-0.2, 0) is 5.41 Å². The van der Waals surface area contributed by atoms with Gasteiger partial charge in [0.2, 0.25) is 0 Å². The fourth-order valence-corrected chi connectivity index (χ4v) is 1.61. The van der Waals surface area contributed by atoms with Crippen molar-refractivity contribution >= 4 is 18.4 Å². The highest BCUT2D eigenvalue weighted by molar-refractivity contribution is 7.80. The molecular weight excluding hydrogens is 204 g/mol. The number of benzene rings is 1. The zero-order valence-corrected chi connectivity index (χ0v) is 10.5. The molecule has 0 saturated carbocycles. The van der Waals surface area contributed by atoms with Gasteiger partial charge in [-0.2, -0.15) is 12.6 Å². The number of hydrogen-bond acceptors (Lipinski definition) is 2. The van der Waals surface area contributed by atoms with Crippen molar-refractivity contribution in [2.24, 2.45) is 0 Å². The van der Waals surface area contributed by atoms with Crippen LogP contribution in [0.5, 0.6) is 0 Å². The van der Waals surface area contributed by atoms with Crippen molar-refractivity contribution in [3.8, 4) is 0 Å². The molecule has 1 aromatic rings. The van der Waals surface area contributed by atoms with Gasteiger partial charge in [-0.1, -0.05) is 45.0 Å². The molecule has 0 N–H and O–H groups in total. The molecule has 0 aliphatic carbocycles. The average molecular weight is 222 g/mol. The highest BCUT2D eigenvalue weighted by atomic mass is 32.1. The van der Waals surface area contributed by atoms with Crippen LogP contribution in [0.15, 0.2) is 24.3 Å². The zero-order chi connectivity index (χ0) is 11.5. The first-order valence-electron chi connectivity index (χ1n) is 5.20. The van der Waals surface area contributed by atoms with Gasteiger partial charge < -0.3 is 0 Å². The summed E-state index contributed by atoms with van der Waals surface area (Å²) < 4.78 is 0. The van der Waals surface area contributed by atoms with Gasteiger partial charge in [0.25, 0.3) is 0 Å². The minimum Gasteiger partial charge on any atom is -0.294 e. The third-order valence-corrected chi connectivity index (χ3v) is 2.64. The van der Waals surface area contributed by atoms with Crippen molar-refractivity contribution in [3.05, 3.63) is 35.4 Å². The topological polar surface area (TPSA) is 17.1 Å². The number of thiol groups is 1. The lowest BCUT2D eigenvalue weighted by atomic mass is 9.86. The standard InChI is InChI=1S/C13H18OS/c1-13(2,3)11-6-4-10(5-7-11)12(14)8-9-15/h4-7,15H,8-9H2,1-3H3. The van der Waals surface area contributed by atoms with Crippen molar-refractivity contribution in [2.45, 2.75) is 32.6 Å².